The monoisotopic (exact) mass is 251 g/mol. The summed E-state index contributed by atoms with van der Waals surface area (Å²) < 4.78 is 5.07. The highest BCUT2D eigenvalue weighted by atomic mass is 32.2. The first-order valence-corrected chi connectivity index (χ1v) is 6.23. The lowest BCUT2D eigenvalue weighted by atomic mass is 10.1. The second-order valence-corrected chi connectivity index (χ2v) is 4.81. The van der Waals surface area contributed by atoms with Crippen LogP contribution in [0.25, 0.3) is 0 Å². The van der Waals surface area contributed by atoms with Crippen molar-refractivity contribution < 1.29 is 14.6 Å². The molecule has 2 rings (SSSR count). The number of benzene rings is 1. The van der Waals surface area contributed by atoms with Crippen LogP contribution in [0, 0.1) is 0 Å². The van der Waals surface area contributed by atoms with Gasteiger partial charge in [-0.3, -0.25) is 4.99 Å². The number of rotatable bonds is 4. The number of nitrogens with zero attached hydrogens (tertiary/aromatic N) is 1. The van der Waals surface area contributed by atoms with Crippen LogP contribution in [-0.4, -0.2) is 35.0 Å². The van der Waals surface area contributed by atoms with E-state index in [0.717, 1.165) is 16.4 Å². The largest absolute Gasteiger partial charge is 0.497 e. The Hall–Kier alpha value is -1.49. The fraction of sp³-hybridized carbons (Fsp3) is 0.333. The molecule has 1 atom stereocenters. The van der Waals surface area contributed by atoms with Crippen molar-refractivity contribution in [3.8, 4) is 5.75 Å². The number of aliphatic imine (C=N–C) groups is 1. The molecule has 0 saturated heterocycles. The fourth-order valence-corrected chi connectivity index (χ4v) is 2.60. The van der Waals surface area contributed by atoms with Gasteiger partial charge in [-0.2, -0.15) is 0 Å². The molecule has 0 aromatic heterocycles. The Bertz CT molecular complexity index is 442. The summed E-state index contributed by atoms with van der Waals surface area (Å²) in [4.78, 5) is 14.9. The van der Waals surface area contributed by atoms with Gasteiger partial charge in [0.15, 0.2) is 6.04 Å². The molecule has 1 aromatic rings. The maximum Gasteiger partial charge on any atom is 0.329 e. The molecule has 4 nitrogen and oxygen atoms in total. The van der Waals surface area contributed by atoms with E-state index in [1.165, 1.54) is 11.8 Å². The summed E-state index contributed by atoms with van der Waals surface area (Å²) in [6.07, 6.45) is 0.693. The molecule has 0 bridgehead atoms. The second-order valence-electron chi connectivity index (χ2n) is 3.71. The summed E-state index contributed by atoms with van der Waals surface area (Å²) in [5.41, 5.74) is 1.11. The van der Waals surface area contributed by atoms with E-state index in [2.05, 4.69) is 4.99 Å². The van der Waals surface area contributed by atoms with Gasteiger partial charge < -0.3 is 9.84 Å². The van der Waals surface area contributed by atoms with Gasteiger partial charge in [-0.25, -0.2) is 4.79 Å². The normalized spacial score (nSPS) is 18.9. The van der Waals surface area contributed by atoms with Gasteiger partial charge in [0.1, 0.15) is 5.75 Å². The lowest BCUT2D eigenvalue weighted by Gasteiger charge is -2.02. The zero-order valence-corrected chi connectivity index (χ0v) is 10.2. The molecule has 1 N–H and O–H groups in total. The molecule has 1 heterocycles. The predicted octanol–water partition coefficient (Wildman–Crippen LogP) is 1.84. The standard InChI is InChI=1S/C12H13NO3S/c1-16-9-4-2-8(3-5-9)6-11-13-10(7-17-11)12(14)15/h2-5,10H,6-7H2,1H3,(H,14,15)/t10-/m0/s1. The van der Waals surface area contributed by atoms with Gasteiger partial charge in [0.05, 0.1) is 12.2 Å². The van der Waals surface area contributed by atoms with Crippen molar-refractivity contribution in [2.24, 2.45) is 4.99 Å². The number of aliphatic carboxylic acids is 1. The Morgan fingerprint density at radius 2 is 2.24 bits per heavy atom. The van der Waals surface area contributed by atoms with E-state index in [0.29, 0.717) is 12.2 Å². The summed E-state index contributed by atoms with van der Waals surface area (Å²) in [5.74, 6) is 0.515. The van der Waals surface area contributed by atoms with E-state index in [9.17, 15) is 4.79 Å². The summed E-state index contributed by atoms with van der Waals surface area (Å²) in [5, 5.41) is 9.72. The number of carboxylic acid groups (broad SMARTS) is 1. The third-order valence-electron chi connectivity index (χ3n) is 2.51. The molecule has 0 saturated carbocycles. The number of carbonyl (C=O) groups is 1. The molecule has 0 aliphatic carbocycles. The number of hydrogen-bond acceptors (Lipinski definition) is 4. The molecule has 5 heteroatoms. The van der Waals surface area contributed by atoms with E-state index in [4.69, 9.17) is 9.84 Å². The fourth-order valence-electron chi connectivity index (χ4n) is 1.56. The van der Waals surface area contributed by atoms with Gasteiger partial charge in [0.2, 0.25) is 0 Å². The lowest BCUT2D eigenvalue weighted by Crippen LogP contribution is -2.17. The molecule has 0 unspecified atom stereocenters. The third kappa shape index (κ3) is 3.00. The highest BCUT2D eigenvalue weighted by Crippen LogP contribution is 2.22. The van der Waals surface area contributed by atoms with Crippen molar-refractivity contribution >= 4 is 22.8 Å². The van der Waals surface area contributed by atoms with Crippen molar-refractivity contribution in [3.63, 3.8) is 0 Å². The molecule has 1 aromatic carbocycles. The van der Waals surface area contributed by atoms with Gasteiger partial charge in [-0.1, -0.05) is 12.1 Å². The zero-order chi connectivity index (χ0) is 12.3. The minimum absolute atomic E-state index is 0.542. The van der Waals surface area contributed by atoms with Crippen LogP contribution in [-0.2, 0) is 11.2 Å². The Labute approximate surface area is 104 Å². The van der Waals surface area contributed by atoms with Crippen LogP contribution in [0.15, 0.2) is 29.3 Å². The van der Waals surface area contributed by atoms with Gasteiger partial charge >= 0.3 is 5.97 Å². The van der Waals surface area contributed by atoms with E-state index in [1.54, 1.807) is 7.11 Å². The maximum atomic E-state index is 10.7. The minimum atomic E-state index is -0.845. The predicted molar refractivity (Wildman–Crippen MR) is 68.0 cm³/mol. The molecular weight excluding hydrogens is 238 g/mol. The van der Waals surface area contributed by atoms with Crippen LogP contribution in [0.1, 0.15) is 5.56 Å². The topological polar surface area (TPSA) is 58.9 Å². The van der Waals surface area contributed by atoms with Crippen LogP contribution in [0.3, 0.4) is 0 Å². The molecule has 90 valence electrons. The Balaban J connectivity index is 2.01. The third-order valence-corrected chi connectivity index (χ3v) is 3.57. The summed E-state index contributed by atoms with van der Waals surface area (Å²) in [6.45, 7) is 0. The van der Waals surface area contributed by atoms with Crippen molar-refractivity contribution in [1.29, 1.82) is 0 Å². The van der Waals surface area contributed by atoms with Crippen LogP contribution in [0.4, 0.5) is 0 Å². The first-order valence-electron chi connectivity index (χ1n) is 5.24. The summed E-state index contributed by atoms with van der Waals surface area (Å²) in [7, 11) is 1.63. The second kappa shape index (κ2) is 5.23. The molecule has 0 radical (unpaired) electrons. The molecule has 1 aliphatic heterocycles. The molecule has 17 heavy (non-hydrogen) atoms. The molecule has 0 fully saturated rings. The first kappa shape index (κ1) is 12.0. The highest BCUT2D eigenvalue weighted by Gasteiger charge is 2.24. The summed E-state index contributed by atoms with van der Waals surface area (Å²) >= 11 is 1.52. The van der Waals surface area contributed by atoms with Crippen molar-refractivity contribution in [3.05, 3.63) is 29.8 Å². The molecule has 0 spiro atoms. The smallest absolute Gasteiger partial charge is 0.329 e. The highest BCUT2D eigenvalue weighted by molar-refractivity contribution is 8.14. The van der Waals surface area contributed by atoms with Gasteiger partial charge in [0.25, 0.3) is 0 Å². The average molecular weight is 251 g/mol. The van der Waals surface area contributed by atoms with Crippen LogP contribution in [0.5, 0.6) is 5.75 Å². The van der Waals surface area contributed by atoms with Crippen molar-refractivity contribution in [2.75, 3.05) is 12.9 Å². The number of ether oxygens (including phenoxy) is 1. The van der Waals surface area contributed by atoms with Crippen molar-refractivity contribution in [1.82, 2.24) is 0 Å². The lowest BCUT2D eigenvalue weighted by molar-refractivity contribution is -0.137. The Morgan fingerprint density at radius 3 is 2.76 bits per heavy atom. The molecular formula is C12H13NO3S. The SMILES string of the molecule is COc1ccc(CC2=N[C@H](C(=O)O)CS2)cc1. The van der Waals surface area contributed by atoms with Crippen LogP contribution < -0.4 is 4.74 Å². The van der Waals surface area contributed by atoms with Crippen LogP contribution in [0.2, 0.25) is 0 Å². The maximum absolute atomic E-state index is 10.7. The van der Waals surface area contributed by atoms with Gasteiger partial charge in [-0.15, -0.1) is 11.8 Å². The summed E-state index contributed by atoms with van der Waals surface area (Å²) in [6, 6.07) is 7.15. The number of carboxylic acids is 1. The molecule has 0 amide bonds. The van der Waals surface area contributed by atoms with E-state index in [-0.39, 0.29) is 0 Å². The number of methoxy groups -OCH3 is 1. The number of thioether (sulfide) groups is 1. The first-order chi connectivity index (χ1) is 8.19. The Morgan fingerprint density at radius 1 is 1.53 bits per heavy atom. The molecule has 1 aliphatic rings. The van der Waals surface area contributed by atoms with E-state index < -0.39 is 12.0 Å². The van der Waals surface area contributed by atoms with Gasteiger partial charge in [-0.05, 0) is 17.7 Å². The van der Waals surface area contributed by atoms with Gasteiger partial charge in [0, 0.05) is 12.2 Å². The van der Waals surface area contributed by atoms with E-state index >= 15 is 0 Å². The number of hydrogen-bond donors (Lipinski definition) is 1. The quantitative estimate of drug-likeness (QED) is 0.887. The van der Waals surface area contributed by atoms with Crippen LogP contribution >= 0.6 is 11.8 Å². The average Bonchev–Trinajstić information content (AvgIpc) is 2.79. The van der Waals surface area contributed by atoms with E-state index in [1.807, 2.05) is 24.3 Å². The Kier molecular flexibility index (Phi) is 3.68. The zero-order valence-electron chi connectivity index (χ0n) is 9.42. The minimum Gasteiger partial charge on any atom is -0.497 e. The van der Waals surface area contributed by atoms with Crippen molar-refractivity contribution in [2.45, 2.75) is 12.5 Å².